The normalized spacial score (nSPS) is 11.7. The van der Waals surface area contributed by atoms with E-state index in [1.165, 1.54) is 7.11 Å². The van der Waals surface area contributed by atoms with Crippen molar-refractivity contribution >= 4 is 17.7 Å². The van der Waals surface area contributed by atoms with Crippen LogP contribution in [0, 0.1) is 5.41 Å². The van der Waals surface area contributed by atoms with Crippen molar-refractivity contribution in [3.63, 3.8) is 0 Å². The van der Waals surface area contributed by atoms with Gasteiger partial charge < -0.3 is 14.6 Å². The zero-order valence-corrected chi connectivity index (χ0v) is 14.5. The van der Waals surface area contributed by atoms with Gasteiger partial charge in [-0.15, -0.1) is 0 Å². The van der Waals surface area contributed by atoms with Gasteiger partial charge >= 0.3 is 12.1 Å². The first-order valence-electron chi connectivity index (χ1n) is 7.35. The highest BCUT2D eigenvalue weighted by Gasteiger charge is 2.28. The van der Waals surface area contributed by atoms with Crippen molar-refractivity contribution in [1.82, 2.24) is 0 Å². The third-order valence-corrected chi connectivity index (χ3v) is 3.14. The van der Waals surface area contributed by atoms with Gasteiger partial charge in [0, 0.05) is 11.8 Å². The van der Waals surface area contributed by atoms with Crippen LogP contribution in [0.15, 0.2) is 18.2 Å². The first-order chi connectivity index (χ1) is 10.4. The second-order valence-electron chi connectivity index (χ2n) is 7.02. The largest absolute Gasteiger partial charge is 0.496 e. The highest BCUT2D eigenvalue weighted by Crippen LogP contribution is 2.30. The number of carboxylic acids is 1. The summed E-state index contributed by atoms with van der Waals surface area (Å²) in [6.45, 7) is 8.65. The van der Waals surface area contributed by atoms with Crippen LogP contribution in [0.2, 0.25) is 0 Å². The molecule has 0 bridgehead atoms. The van der Waals surface area contributed by atoms with E-state index in [1.807, 2.05) is 0 Å². The molecule has 0 fully saturated rings. The molecular weight excluding hydrogens is 298 g/mol. The predicted octanol–water partition coefficient (Wildman–Crippen LogP) is 3.70. The molecule has 128 valence electrons. The highest BCUT2D eigenvalue weighted by molar-refractivity contribution is 5.85. The molecule has 0 aliphatic heterocycles. The highest BCUT2D eigenvalue weighted by atomic mass is 16.6. The summed E-state index contributed by atoms with van der Waals surface area (Å²) in [5.41, 5.74) is -0.213. The molecule has 0 unspecified atom stereocenters. The molecule has 6 heteroatoms. The van der Waals surface area contributed by atoms with Crippen molar-refractivity contribution in [2.24, 2.45) is 5.41 Å². The summed E-state index contributed by atoms with van der Waals surface area (Å²) in [4.78, 5) is 23.0. The molecule has 6 nitrogen and oxygen atoms in total. The standard InChI is InChI=1S/C17H25NO5/c1-16(2,3)23-15(21)18-12-8-7-11(13(9-12)22-6)10-17(4,5)14(19)20/h7-9H,10H2,1-6H3,(H,18,21)(H,19,20). The topological polar surface area (TPSA) is 84.9 Å². The minimum atomic E-state index is -0.909. The van der Waals surface area contributed by atoms with Crippen molar-refractivity contribution in [2.45, 2.75) is 46.6 Å². The maximum absolute atomic E-state index is 11.8. The summed E-state index contributed by atoms with van der Waals surface area (Å²) in [5.74, 6) is -0.358. The molecule has 0 radical (unpaired) electrons. The number of nitrogens with one attached hydrogen (secondary N) is 1. The van der Waals surface area contributed by atoms with Gasteiger partial charge in [-0.05, 0) is 52.7 Å². The van der Waals surface area contributed by atoms with Crippen LogP contribution in [0.5, 0.6) is 5.75 Å². The average Bonchev–Trinajstić information content (AvgIpc) is 2.37. The van der Waals surface area contributed by atoms with Crippen LogP contribution < -0.4 is 10.1 Å². The minimum absolute atomic E-state index is 0.318. The van der Waals surface area contributed by atoms with E-state index < -0.39 is 23.1 Å². The monoisotopic (exact) mass is 323 g/mol. The molecule has 23 heavy (non-hydrogen) atoms. The number of methoxy groups -OCH3 is 1. The molecule has 0 aliphatic rings. The number of hydrogen-bond donors (Lipinski definition) is 2. The molecule has 0 spiro atoms. The first kappa shape index (κ1) is 18.8. The number of amides is 1. The lowest BCUT2D eigenvalue weighted by Gasteiger charge is -2.22. The van der Waals surface area contributed by atoms with Crippen LogP contribution in [0.25, 0.3) is 0 Å². The lowest BCUT2D eigenvalue weighted by atomic mass is 9.85. The minimum Gasteiger partial charge on any atom is -0.496 e. The zero-order chi connectivity index (χ0) is 17.8. The summed E-state index contributed by atoms with van der Waals surface area (Å²) < 4.78 is 10.5. The number of carbonyl (C=O) groups excluding carboxylic acids is 1. The molecule has 1 rings (SSSR count). The van der Waals surface area contributed by atoms with Crippen molar-refractivity contribution in [1.29, 1.82) is 0 Å². The summed E-state index contributed by atoms with van der Waals surface area (Å²) >= 11 is 0. The van der Waals surface area contributed by atoms with Gasteiger partial charge in [0.25, 0.3) is 0 Å². The lowest BCUT2D eigenvalue weighted by molar-refractivity contribution is -0.146. The van der Waals surface area contributed by atoms with Crippen LogP contribution in [0.1, 0.15) is 40.2 Å². The van der Waals surface area contributed by atoms with Gasteiger partial charge in [0.05, 0.1) is 12.5 Å². The summed E-state index contributed by atoms with van der Waals surface area (Å²) in [5, 5.41) is 11.9. The average molecular weight is 323 g/mol. The van der Waals surface area contributed by atoms with Crippen LogP contribution in [0.4, 0.5) is 10.5 Å². The summed E-state index contributed by atoms with van der Waals surface area (Å²) in [6, 6.07) is 5.09. The van der Waals surface area contributed by atoms with Crippen LogP contribution in [-0.4, -0.2) is 29.9 Å². The molecule has 0 aromatic heterocycles. The molecule has 1 amide bonds. The fourth-order valence-corrected chi connectivity index (χ4v) is 1.94. The second-order valence-corrected chi connectivity index (χ2v) is 7.02. The molecule has 0 atom stereocenters. The Labute approximate surface area is 136 Å². The SMILES string of the molecule is COc1cc(NC(=O)OC(C)(C)C)ccc1CC(C)(C)C(=O)O. The van der Waals surface area contributed by atoms with Gasteiger partial charge in [0.15, 0.2) is 0 Å². The van der Waals surface area contributed by atoms with Gasteiger partial charge in [-0.1, -0.05) is 6.07 Å². The third kappa shape index (κ3) is 5.81. The van der Waals surface area contributed by atoms with Crippen molar-refractivity contribution in [3.8, 4) is 5.75 Å². The van der Waals surface area contributed by atoms with Gasteiger partial charge in [0.2, 0.25) is 0 Å². The van der Waals surface area contributed by atoms with Gasteiger partial charge in [-0.25, -0.2) is 4.79 Å². The number of anilines is 1. The van der Waals surface area contributed by atoms with E-state index in [0.29, 0.717) is 17.9 Å². The number of ether oxygens (including phenoxy) is 2. The third-order valence-electron chi connectivity index (χ3n) is 3.14. The Bertz CT molecular complexity index is 587. The van der Waals surface area contributed by atoms with E-state index in [2.05, 4.69) is 5.32 Å². The number of hydrogen-bond acceptors (Lipinski definition) is 4. The van der Waals surface area contributed by atoms with Crippen molar-refractivity contribution < 1.29 is 24.2 Å². The van der Waals surface area contributed by atoms with Crippen LogP contribution >= 0.6 is 0 Å². The predicted molar refractivity (Wildman–Crippen MR) is 88.0 cm³/mol. The Morgan fingerprint density at radius 1 is 1.17 bits per heavy atom. The van der Waals surface area contributed by atoms with Gasteiger partial charge in [0.1, 0.15) is 11.4 Å². The molecule has 0 saturated carbocycles. The Hall–Kier alpha value is -2.24. The van der Waals surface area contributed by atoms with E-state index in [0.717, 1.165) is 5.56 Å². The van der Waals surface area contributed by atoms with E-state index >= 15 is 0 Å². The molecule has 0 saturated heterocycles. The van der Waals surface area contributed by atoms with E-state index in [4.69, 9.17) is 9.47 Å². The maximum Gasteiger partial charge on any atom is 0.412 e. The van der Waals surface area contributed by atoms with Gasteiger partial charge in [-0.3, -0.25) is 10.1 Å². The molecular formula is C17H25NO5. The van der Waals surface area contributed by atoms with E-state index in [1.54, 1.807) is 52.8 Å². The Morgan fingerprint density at radius 3 is 2.26 bits per heavy atom. The van der Waals surface area contributed by atoms with Crippen LogP contribution in [0.3, 0.4) is 0 Å². The number of rotatable bonds is 5. The number of carbonyl (C=O) groups is 2. The maximum atomic E-state index is 11.8. The molecule has 1 aromatic rings. The number of benzene rings is 1. The number of aliphatic carboxylic acids is 1. The molecule has 2 N–H and O–H groups in total. The van der Waals surface area contributed by atoms with E-state index in [9.17, 15) is 14.7 Å². The number of carboxylic acid groups (broad SMARTS) is 1. The molecule has 0 heterocycles. The summed E-state index contributed by atoms with van der Waals surface area (Å²) in [6.07, 6.45) is -0.240. The van der Waals surface area contributed by atoms with Gasteiger partial charge in [-0.2, -0.15) is 0 Å². The second kappa shape index (κ2) is 6.89. The Morgan fingerprint density at radius 2 is 1.78 bits per heavy atom. The Kier molecular flexibility index (Phi) is 5.64. The Balaban J connectivity index is 2.92. The molecule has 1 aromatic carbocycles. The quantitative estimate of drug-likeness (QED) is 0.863. The fraction of sp³-hybridized carbons (Fsp3) is 0.529. The van der Waals surface area contributed by atoms with Crippen LogP contribution in [-0.2, 0) is 16.0 Å². The zero-order valence-electron chi connectivity index (χ0n) is 14.5. The summed E-state index contributed by atoms with van der Waals surface area (Å²) in [7, 11) is 1.50. The molecule has 0 aliphatic carbocycles. The first-order valence-corrected chi connectivity index (χ1v) is 7.35. The van der Waals surface area contributed by atoms with Crippen molar-refractivity contribution in [2.75, 3.05) is 12.4 Å². The fourth-order valence-electron chi connectivity index (χ4n) is 1.94. The van der Waals surface area contributed by atoms with Crippen molar-refractivity contribution in [3.05, 3.63) is 23.8 Å². The van der Waals surface area contributed by atoms with E-state index in [-0.39, 0.29) is 0 Å². The smallest absolute Gasteiger partial charge is 0.412 e. The lowest BCUT2D eigenvalue weighted by Crippen LogP contribution is -2.27.